The van der Waals surface area contributed by atoms with Crippen molar-refractivity contribution in [3.8, 4) is 0 Å². The molecule has 0 spiro atoms. The van der Waals surface area contributed by atoms with E-state index in [0.717, 1.165) is 75.3 Å². The Labute approximate surface area is 274 Å². The van der Waals surface area contributed by atoms with Crippen molar-refractivity contribution in [1.29, 1.82) is 10.8 Å². The molecule has 254 valence electrons. The zero-order valence-electron chi connectivity index (χ0n) is 28.9. The third-order valence-corrected chi connectivity index (χ3v) is 13.7. The third kappa shape index (κ3) is 6.75. The van der Waals surface area contributed by atoms with Crippen LogP contribution in [0.15, 0.2) is 0 Å². The van der Waals surface area contributed by atoms with Gasteiger partial charge in [0.25, 0.3) is 0 Å². The molecule has 8 heteroatoms. The maximum atomic E-state index is 11.2. The molecule has 5 aliphatic carbocycles. The second kappa shape index (κ2) is 13.2. The minimum absolute atomic E-state index is 0.0293. The van der Waals surface area contributed by atoms with E-state index in [4.69, 9.17) is 5.41 Å². The van der Waals surface area contributed by atoms with Gasteiger partial charge in [-0.15, -0.1) is 0 Å². The van der Waals surface area contributed by atoms with Crippen LogP contribution >= 0.6 is 0 Å². The van der Waals surface area contributed by atoms with E-state index in [1.165, 1.54) is 89.9 Å². The lowest BCUT2D eigenvalue weighted by Crippen LogP contribution is -2.55. The number of aliphatic hydroxyl groups is 1. The van der Waals surface area contributed by atoms with Gasteiger partial charge in [0, 0.05) is 50.8 Å². The Morgan fingerprint density at radius 3 is 2.20 bits per heavy atom. The summed E-state index contributed by atoms with van der Waals surface area (Å²) >= 11 is 0. The van der Waals surface area contributed by atoms with E-state index >= 15 is 0 Å². The molecule has 0 aromatic rings. The number of likely N-dealkylation sites (tertiary alicyclic amines) is 1. The van der Waals surface area contributed by atoms with Crippen LogP contribution in [0.4, 0.5) is 0 Å². The Balaban J connectivity index is 1.08. The van der Waals surface area contributed by atoms with E-state index < -0.39 is 6.10 Å². The monoisotopic (exact) mass is 624 g/mol. The highest BCUT2D eigenvalue weighted by atomic mass is 16.3. The van der Waals surface area contributed by atoms with Crippen LogP contribution in [-0.2, 0) is 0 Å². The van der Waals surface area contributed by atoms with Gasteiger partial charge >= 0.3 is 0 Å². The highest BCUT2D eigenvalue weighted by molar-refractivity contribution is 5.80. The standard InChI is InChI=1S/C37H65N7O/c1-25(2)12-32-20-40-35(38)42(32)22-31-10-7-11-41(31)21-33(16-27-8-5-4-6-9-27)43-23-34(26(3)45)44(36(43)39)24-37-17-28-13-29(18-37)15-30(14-28)19-37/h25-34,39,45H,4-24H2,1-3H3,(H2,38,40)/t26-,28?,29?,30?,31+,32-,33-,34+,37?/m1/s1. The van der Waals surface area contributed by atoms with Gasteiger partial charge < -0.3 is 25.1 Å². The van der Waals surface area contributed by atoms with Crippen LogP contribution in [0.3, 0.4) is 0 Å². The zero-order chi connectivity index (χ0) is 31.3. The van der Waals surface area contributed by atoms with Crippen LogP contribution < -0.4 is 5.32 Å². The van der Waals surface area contributed by atoms with Gasteiger partial charge in [0.05, 0.1) is 12.1 Å². The molecule has 5 saturated carbocycles. The molecular weight excluding hydrogens is 558 g/mol. The van der Waals surface area contributed by atoms with Gasteiger partial charge in [-0.3, -0.25) is 15.7 Å². The van der Waals surface area contributed by atoms with Gasteiger partial charge in [0.1, 0.15) is 0 Å². The highest BCUT2D eigenvalue weighted by Crippen LogP contribution is 2.60. The maximum absolute atomic E-state index is 11.2. The van der Waals surface area contributed by atoms with Gasteiger partial charge in [0.15, 0.2) is 11.9 Å². The maximum Gasteiger partial charge on any atom is 0.194 e. The molecule has 0 aromatic heterocycles. The van der Waals surface area contributed by atoms with Crippen molar-refractivity contribution in [2.45, 2.75) is 147 Å². The molecule has 0 aromatic carbocycles. The van der Waals surface area contributed by atoms with E-state index in [2.05, 4.69) is 38.8 Å². The molecule has 8 nitrogen and oxygen atoms in total. The van der Waals surface area contributed by atoms with E-state index in [1.807, 2.05) is 6.92 Å². The van der Waals surface area contributed by atoms with Gasteiger partial charge in [-0.2, -0.15) is 0 Å². The number of rotatable bonds is 12. The molecule has 45 heavy (non-hydrogen) atoms. The van der Waals surface area contributed by atoms with Crippen molar-refractivity contribution in [3.63, 3.8) is 0 Å². The first-order valence-electron chi connectivity index (χ1n) is 19.3. The lowest BCUT2D eigenvalue weighted by molar-refractivity contribution is -0.0673. The molecule has 0 unspecified atom stereocenters. The fourth-order valence-electron chi connectivity index (χ4n) is 12.0. The first kappa shape index (κ1) is 32.0. The van der Waals surface area contributed by atoms with Crippen molar-refractivity contribution in [2.24, 2.45) is 35.0 Å². The fourth-order valence-corrected chi connectivity index (χ4v) is 12.0. The van der Waals surface area contributed by atoms with Gasteiger partial charge in [-0.05, 0) is 113 Å². The predicted molar refractivity (Wildman–Crippen MR) is 182 cm³/mol. The number of aliphatic hydroxyl groups excluding tert-OH is 1. The third-order valence-electron chi connectivity index (χ3n) is 13.7. The molecular formula is C37H65N7O. The van der Waals surface area contributed by atoms with Crippen LogP contribution in [-0.4, -0.2) is 106 Å². The fraction of sp³-hybridized carbons (Fsp3) is 0.946. The summed E-state index contributed by atoms with van der Waals surface area (Å²) in [6.07, 6.45) is 19.5. The quantitative estimate of drug-likeness (QED) is 0.228. The molecule has 8 fully saturated rings. The minimum Gasteiger partial charge on any atom is -0.391 e. The van der Waals surface area contributed by atoms with Crippen molar-refractivity contribution < 1.29 is 5.11 Å². The average Bonchev–Trinajstić information content (AvgIpc) is 3.66. The lowest BCUT2D eigenvalue weighted by Gasteiger charge is -2.58. The predicted octanol–water partition coefficient (Wildman–Crippen LogP) is 5.56. The SMILES string of the molecule is CC(C)C[C@@H]1CNC(=N)N1C[C@@H]1CCCN1C[C@@H](CC1CCCCC1)N1C[C@@H]([C@@H](C)O)N(CC23CC4CC(CC(C4)C2)C3)C1=N. The Morgan fingerprint density at radius 2 is 1.56 bits per heavy atom. The summed E-state index contributed by atoms with van der Waals surface area (Å²) in [7, 11) is 0. The minimum atomic E-state index is -0.425. The second-order valence-corrected chi connectivity index (χ2v) is 17.7. The van der Waals surface area contributed by atoms with E-state index in [9.17, 15) is 10.5 Å². The summed E-state index contributed by atoms with van der Waals surface area (Å²) in [5.41, 5.74) is 0.365. The van der Waals surface area contributed by atoms with Crippen molar-refractivity contribution >= 4 is 11.9 Å². The summed E-state index contributed by atoms with van der Waals surface area (Å²) < 4.78 is 0. The molecule has 8 aliphatic rings. The molecule has 5 atom stereocenters. The van der Waals surface area contributed by atoms with E-state index in [-0.39, 0.29) is 6.04 Å². The number of guanidine groups is 2. The number of nitrogens with one attached hydrogen (secondary N) is 3. The first-order chi connectivity index (χ1) is 21.7. The number of hydrogen-bond acceptors (Lipinski definition) is 4. The van der Waals surface area contributed by atoms with Crippen molar-refractivity contribution in [2.75, 3.05) is 39.3 Å². The van der Waals surface area contributed by atoms with E-state index in [1.54, 1.807) is 0 Å². The van der Waals surface area contributed by atoms with Crippen LogP contribution in [0.2, 0.25) is 0 Å². The molecule has 8 rings (SSSR count). The second-order valence-electron chi connectivity index (χ2n) is 17.7. The summed E-state index contributed by atoms with van der Waals surface area (Å²) in [5.74, 6) is 5.46. The Hall–Kier alpha value is -1.54. The van der Waals surface area contributed by atoms with Crippen LogP contribution in [0.25, 0.3) is 0 Å². The summed E-state index contributed by atoms with van der Waals surface area (Å²) in [6.45, 7) is 12.4. The van der Waals surface area contributed by atoms with Crippen LogP contribution in [0, 0.1) is 45.8 Å². The Kier molecular flexibility index (Phi) is 9.37. The van der Waals surface area contributed by atoms with Crippen molar-refractivity contribution in [1.82, 2.24) is 24.9 Å². The summed E-state index contributed by atoms with van der Waals surface area (Å²) in [5, 5.41) is 32.9. The first-order valence-corrected chi connectivity index (χ1v) is 19.3. The van der Waals surface area contributed by atoms with Gasteiger partial charge in [-0.25, -0.2) is 0 Å². The number of nitrogens with zero attached hydrogens (tertiary/aromatic N) is 4. The smallest absolute Gasteiger partial charge is 0.194 e. The molecule has 4 bridgehead atoms. The largest absolute Gasteiger partial charge is 0.391 e. The Morgan fingerprint density at radius 1 is 0.867 bits per heavy atom. The topological polar surface area (TPSA) is 92.9 Å². The molecule has 0 radical (unpaired) electrons. The van der Waals surface area contributed by atoms with Crippen LogP contribution in [0.5, 0.6) is 0 Å². The van der Waals surface area contributed by atoms with E-state index in [0.29, 0.717) is 35.4 Å². The lowest BCUT2D eigenvalue weighted by atomic mass is 9.49. The van der Waals surface area contributed by atoms with Crippen molar-refractivity contribution in [3.05, 3.63) is 0 Å². The molecule has 0 amide bonds. The van der Waals surface area contributed by atoms with Crippen LogP contribution in [0.1, 0.15) is 117 Å². The zero-order valence-corrected chi connectivity index (χ0v) is 28.9. The molecule has 3 heterocycles. The number of hydrogen-bond donors (Lipinski definition) is 4. The molecule has 4 N–H and O–H groups in total. The summed E-state index contributed by atoms with van der Waals surface area (Å²) in [4.78, 5) is 10.00. The molecule has 3 saturated heterocycles. The summed E-state index contributed by atoms with van der Waals surface area (Å²) in [6, 6.07) is 1.25. The van der Waals surface area contributed by atoms with Gasteiger partial charge in [-0.1, -0.05) is 46.0 Å². The van der Waals surface area contributed by atoms with Gasteiger partial charge in [0.2, 0.25) is 0 Å². The highest BCUT2D eigenvalue weighted by Gasteiger charge is 2.53. The average molecular weight is 624 g/mol. The Bertz CT molecular complexity index is 1020. The molecule has 3 aliphatic heterocycles. The normalized spacial score (nSPS) is 38.6.